The Morgan fingerprint density at radius 1 is 1.60 bits per heavy atom. The third kappa shape index (κ3) is 3.32. The van der Waals surface area contributed by atoms with Gasteiger partial charge in [-0.3, -0.25) is 0 Å². The predicted octanol–water partition coefficient (Wildman–Crippen LogP) is 0.684. The van der Waals surface area contributed by atoms with Gasteiger partial charge in [-0.1, -0.05) is 0 Å². The van der Waals surface area contributed by atoms with E-state index in [1.807, 2.05) is 6.33 Å². The van der Waals surface area contributed by atoms with Gasteiger partial charge in [-0.25, -0.2) is 4.98 Å². The van der Waals surface area contributed by atoms with E-state index in [-0.39, 0.29) is 0 Å². The lowest BCUT2D eigenvalue weighted by Crippen LogP contribution is -2.20. The maximum absolute atomic E-state index is 5.49. The van der Waals surface area contributed by atoms with E-state index in [1.54, 1.807) is 0 Å². The molecule has 1 aromatic rings. The molecule has 0 amide bonds. The van der Waals surface area contributed by atoms with Crippen LogP contribution in [0.2, 0.25) is 0 Å². The van der Waals surface area contributed by atoms with Gasteiger partial charge in [0.25, 0.3) is 0 Å². The molecule has 2 rings (SSSR count). The van der Waals surface area contributed by atoms with Crippen LogP contribution < -0.4 is 5.73 Å². The van der Waals surface area contributed by atoms with Crippen molar-refractivity contribution in [1.29, 1.82) is 0 Å². The number of nitrogens with two attached hydrogens (primary N) is 1. The second-order valence-electron chi connectivity index (χ2n) is 4.53. The summed E-state index contributed by atoms with van der Waals surface area (Å²) in [7, 11) is 2.17. The molecule has 15 heavy (non-hydrogen) atoms. The summed E-state index contributed by atoms with van der Waals surface area (Å²) in [4.78, 5) is 6.72. The maximum atomic E-state index is 5.49. The highest BCUT2D eigenvalue weighted by molar-refractivity contribution is 4.96. The monoisotopic (exact) mass is 208 g/mol. The Bertz CT molecular complexity index is 303. The van der Waals surface area contributed by atoms with Gasteiger partial charge in [-0.2, -0.15) is 0 Å². The van der Waals surface area contributed by atoms with Crippen molar-refractivity contribution in [3.05, 3.63) is 18.2 Å². The van der Waals surface area contributed by atoms with E-state index < -0.39 is 0 Å². The van der Waals surface area contributed by atoms with E-state index in [4.69, 9.17) is 5.73 Å². The first-order chi connectivity index (χ1) is 7.28. The van der Waals surface area contributed by atoms with Crippen molar-refractivity contribution in [2.75, 3.05) is 20.1 Å². The number of hydrogen-bond acceptors (Lipinski definition) is 3. The number of nitrogens with zero attached hydrogens (tertiary/aromatic N) is 3. The SMILES string of the molecule is CN(Cc1cn(CCN)cn1)CC1CC1. The van der Waals surface area contributed by atoms with Crippen LogP contribution in [0, 0.1) is 5.92 Å². The largest absolute Gasteiger partial charge is 0.336 e. The van der Waals surface area contributed by atoms with E-state index in [0.29, 0.717) is 6.54 Å². The van der Waals surface area contributed by atoms with Gasteiger partial charge in [0.05, 0.1) is 12.0 Å². The normalized spacial score (nSPS) is 16.2. The molecule has 1 aromatic heterocycles. The van der Waals surface area contributed by atoms with Gasteiger partial charge in [0, 0.05) is 32.4 Å². The molecule has 4 nitrogen and oxygen atoms in total. The van der Waals surface area contributed by atoms with E-state index in [9.17, 15) is 0 Å². The van der Waals surface area contributed by atoms with E-state index in [2.05, 4.69) is 27.7 Å². The van der Waals surface area contributed by atoms with Crippen molar-refractivity contribution in [1.82, 2.24) is 14.5 Å². The molecule has 1 heterocycles. The molecule has 0 unspecified atom stereocenters. The molecule has 0 atom stereocenters. The Hall–Kier alpha value is -0.870. The summed E-state index contributed by atoms with van der Waals surface area (Å²) in [6, 6.07) is 0. The molecule has 0 bridgehead atoms. The second kappa shape index (κ2) is 4.77. The minimum absolute atomic E-state index is 0.674. The first kappa shape index (κ1) is 10.6. The quantitative estimate of drug-likeness (QED) is 0.748. The fourth-order valence-corrected chi connectivity index (χ4v) is 1.84. The summed E-state index contributed by atoms with van der Waals surface area (Å²) >= 11 is 0. The van der Waals surface area contributed by atoms with Crippen LogP contribution in [0.3, 0.4) is 0 Å². The van der Waals surface area contributed by atoms with Crippen LogP contribution in [0.4, 0.5) is 0 Å². The molecule has 2 N–H and O–H groups in total. The van der Waals surface area contributed by atoms with Crippen molar-refractivity contribution in [3.8, 4) is 0 Å². The van der Waals surface area contributed by atoms with Crippen molar-refractivity contribution >= 4 is 0 Å². The first-order valence-electron chi connectivity index (χ1n) is 5.67. The van der Waals surface area contributed by atoms with Crippen molar-refractivity contribution in [2.45, 2.75) is 25.9 Å². The smallest absolute Gasteiger partial charge is 0.0950 e. The lowest BCUT2D eigenvalue weighted by atomic mass is 10.3. The van der Waals surface area contributed by atoms with Crippen molar-refractivity contribution < 1.29 is 0 Å². The van der Waals surface area contributed by atoms with E-state index in [0.717, 1.165) is 24.7 Å². The zero-order chi connectivity index (χ0) is 10.7. The summed E-state index contributed by atoms with van der Waals surface area (Å²) in [5, 5.41) is 0. The molecule has 0 saturated heterocycles. The fourth-order valence-electron chi connectivity index (χ4n) is 1.84. The minimum atomic E-state index is 0.674. The first-order valence-corrected chi connectivity index (χ1v) is 5.67. The van der Waals surface area contributed by atoms with Crippen LogP contribution in [0.1, 0.15) is 18.5 Å². The van der Waals surface area contributed by atoms with Crippen molar-refractivity contribution in [2.24, 2.45) is 11.7 Å². The molecule has 0 aromatic carbocycles. The Kier molecular flexibility index (Phi) is 3.38. The van der Waals surface area contributed by atoms with Crippen LogP contribution in [-0.4, -0.2) is 34.6 Å². The number of rotatable bonds is 6. The molecule has 0 spiro atoms. The summed E-state index contributed by atoms with van der Waals surface area (Å²) in [5.41, 5.74) is 6.63. The van der Waals surface area contributed by atoms with Crippen LogP contribution in [0.5, 0.6) is 0 Å². The van der Waals surface area contributed by atoms with E-state index in [1.165, 1.54) is 19.4 Å². The third-order valence-electron chi connectivity index (χ3n) is 2.77. The van der Waals surface area contributed by atoms with Gasteiger partial charge in [0.15, 0.2) is 0 Å². The summed E-state index contributed by atoms with van der Waals surface area (Å²) in [5.74, 6) is 0.945. The molecular weight excluding hydrogens is 188 g/mol. The summed E-state index contributed by atoms with van der Waals surface area (Å²) < 4.78 is 2.06. The molecule has 1 fully saturated rings. The van der Waals surface area contributed by atoms with Gasteiger partial charge >= 0.3 is 0 Å². The average Bonchev–Trinajstić information content (AvgIpc) is 2.88. The topological polar surface area (TPSA) is 47.1 Å². The average molecular weight is 208 g/mol. The Balaban J connectivity index is 1.80. The molecular formula is C11H20N4. The van der Waals surface area contributed by atoms with Crippen LogP contribution in [-0.2, 0) is 13.1 Å². The summed E-state index contributed by atoms with van der Waals surface area (Å²) in [6.45, 7) is 3.70. The lowest BCUT2D eigenvalue weighted by Gasteiger charge is -2.13. The van der Waals surface area contributed by atoms with Crippen LogP contribution in [0.15, 0.2) is 12.5 Å². The molecule has 1 aliphatic rings. The fraction of sp³-hybridized carbons (Fsp3) is 0.727. The van der Waals surface area contributed by atoms with Crippen LogP contribution >= 0.6 is 0 Å². The molecule has 84 valence electrons. The van der Waals surface area contributed by atoms with Crippen molar-refractivity contribution in [3.63, 3.8) is 0 Å². The minimum Gasteiger partial charge on any atom is -0.336 e. The standard InChI is InChI=1S/C11H20N4/c1-14(6-10-2-3-10)7-11-8-15(5-4-12)9-13-11/h8-10H,2-7,12H2,1H3. The number of aromatic nitrogens is 2. The molecule has 1 aliphatic carbocycles. The van der Waals surface area contributed by atoms with Gasteiger partial charge in [0.2, 0.25) is 0 Å². The molecule has 0 radical (unpaired) electrons. The molecule has 1 saturated carbocycles. The van der Waals surface area contributed by atoms with Gasteiger partial charge in [-0.15, -0.1) is 0 Å². The molecule has 4 heteroatoms. The maximum Gasteiger partial charge on any atom is 0.0950 e. The predicted molar refractivity (Wildman–Crippen MR) is 60.3 cm³/mol. The highest BCUT2D eigenvalue weighted by Crippen LogP contribution is 2.29. The number of hydrogen-bond donors (Lipinski definition) is 1. The second-order valence-corrected chi connectivity index (χ2v) is 4.53. The highest BCUT2D eigenvalue weighted by Gasteiger charge is 2.22. The molecule has 0 aliphatic heterocycles. The zero-order valence-electron chi connectivity index (χ0n) is 9.39. The van der Waals surface area contributed by atoms with Gasteiger partial charge in [-0.05, 0) is 25.8 Å². The third-order valence-corrected chi connectivity index (χ3v) is 2.77. The Morgan fingerprint density at radius 2 is 2.40 bits per heavy atom. The Labute approximate surface area is 91.1 Å². The van der Waals surface area contributed by atoms with E-state index >= 15 is 0 Å². The Morgan fingerprint density at radius 3 is 3.07 bits per heavy atom. The van der Waals surface area contributed by atoms with Gasteiger partial charge < -0.3 is 15.2 Å². The lowest BCUT2D eigenvalue weighted by molar-refractivity contribution is 0.310. The number of imidazole rings is 1. The summed E-state index contributed by atoms with van der Waals surface area (Å²) in [6.07, 6.45) is 6.78. The highest BCUT2D eigenvalue weighted by atomic mass is 15.1. The van der Waals surface area contributed by atoms with Crippen LogP contribution in [0.25, 0.3) is 0 Å². The van der Waals surface area contributed by atoms with Gasteiger partial charge in [0.1, 0.15) is 0 Å². The zero-order valence-corrected chi connectivity index (χ0v) is 9.39.